The lowest BCUT2D eigenvalue weighted by atomic mass is 10.1. The van der Waals surface area contributed by atoms with E-state index in [0.717, 1.165) is 23.3 Å². The number of rotatable bonds is 8. The number of ether oxygens (including phenoxy) is 4. The summed E-state index contributed by atoms with van der Waals surface area (Å²) in [6.07, 6.45) is -1.94. The Morgan fingerprint density at radius 2 is 1.77 bits per heavy atom. The van der Waals surface area contributed by atoms with Crippen LogP contribution in [0.2, 0.25) is 0 Å². The van der Waals surface area contributed by atoms with E-state index in [1.54, 1.807) is 0 Å². The lowest BCUT2D eigenvalue weighted by Gasteiger charge is -2.18. The van der Waals surface area contributed by atoms with Gasteiger partial charge in [0.2, 0.25) is 5.82 Å². The van der Waals surface area contributed by atoms with Crippen LogP contribution in [0.3, 0.4) is 0 Å². The first-order valence-corrected chi connectivity index (χ1v) is 11.9. The first-order chi connectivity index (χ1) is 18.7. The van der Waals surface area contributed by atoms with Gasteiger partial charge in [0.25, 0.3) is 11.5 Å². The smallest absolute Gasteiger partial charge is 0.340 e. The highest BCUT2D eigenvalue weighted by Crippen LogP contribution is 2.31. The van der Waals surface area contributed by atoms with E-state index in [-0.39, 0.29) is 35.3 Å². The van der Waals surface area contributed by atoms with Gasteiger partial charge in [-0.15, -0.1) is 0 Å². The number of halogens is 1. The zero-order valence-electron chi connectivity index (χ0n) is 21.1. The molecule has 1 aliphatic rings. The monoisotopic (exact) mass is 540 g/mol. The minimum Gasteiger partial charge on any atom is -0.465 e. The summed E-state index contributed by atoms with van der Waals surface area (Å²) in [6, 6.07) is 14.4. The molecule has 1 fully saturated rings. The van der Waals surface area contributed by atoms with Crippen LogP contribution in [-0.4, -0.2) is 52.9 Å². The van der Waals surface area contributed by atoms with Crippen molar-refractivity contribution in [2.24, 2.45) is 0 Å². The van der Waals surface area contributed by atoms with Crippen molar-refractivity contribution >= 4 is 17.8 Å². The Labute approximate surface area is 221 Å². The van der Waals surface area contributed by atoms with Crippen LogP contribution in [0.4, 0.5) is 4.39 Å². The van der Waals surface area contributed by atoms with Gasteiger partial charge < -0.3 is 18.9 Å². The maximum Gasteiger partial charge on any atom is 0.340 e. The summed E-state index contributed by atoms with van der Waals surface area (Å²) in [4.78, 5) is 62.3. The van der Waals surface area contributed by atoms with Crippen LogP contribution in [0.25, 0.3) is 0 Å². The molecule has 1 aromatic heterocycles. The quantitative estimate of drug-likeness (QED) is 0.394. The Balaban J connectivity index is 1.65. The molecule has 204 valence electrons. The van der Waals surface area contributed by atoms with Crippen molar-refractivity contribution in [3.63, 3.8) is 0 Å². The van der Waals surface area contributed by atoms with Crippen molar-refractivity contribution in [2.45, 2.75) is 38.4 Å². The Hall–Kier alpha value is -4.42. The molecule has 0 aliphatic carbocycles. The predicted octanol–water partition coefficient (Wildman–Crippen LogP) is 2.06. The van der Waals surface area contributed by atoms with E-state index in [1.165, 1.54) is 25.1 Å². The summed E-state index contributed by atoms with van der Waals surface area (Å²) in [7, 11) is 1.15. The van der Waals surface area contributed by atoms with Crippen LogP contribution < -0.4 is 11.2 Å². The fraction of sp³-hybridized carbons (Fsp3) is 0.296. The lowest BCUT2D eigenvalue weighted by Crippen LogP contribution is -2.46. The number of hydrogen-bond acceptors (Lipinski definition) is 9. The molecule has 0 spiro atoms. The molecule has 0 amide bonds. The first kappa shape index (κ1) is 27.6. The standard InChI is InChI=1S/C27H25FN2O9/c1-16(31)37-15-22-21(38-14-17-7-4-3-5-8-17)12-23(39-22)29-13-20(28)25(33)30(27(29)35)24(32)18-9-6-10-19(11-18)26(34)36-2/h3-11,13,21-23H,12,14-15H2,1-2H3/t21-,22+,23+/m0/s1. The van der Waals surface area contributed by atoms with Crippen LogP contribution in [0.15, 0.2) is 70.4 Å². The van der Waals surface area contributed by atoms with Gasteiger partial charge in [-0.1, -0.05) is 36.4 Å². The van der Waals surface area contributed by atoms with E-state index in [1.807, 2.05) is 30.3 Å². The predicted molar refractivity (Wildman–Crippen MR) is 133 cm³/mol. The van der Waals surface area contributed by atoms with Gasteiger partial charge in [-0.2, -0.15) is 8.96 Å². The molecule has 2 heterocycles. The van der Waals surface area contributed by atoms with Gasteiger partial charge in [-0.05, 0) is 23.8 Å². The molecule has 0 unspecified atom stereocenters. The van der Waals surface area contributed by atoms with Crippen molar-refractivity contribution in [1.82, 2.24) is 9.13 Å². The van der Waals surface area contributed by atoms with E-state index in [2.05, 4.69) is 4.74 Å². The molecule has 4 rings (SSSR count). The number of benzene rings is 2. The molecule has 39 heavy (non-hydrogen) atoms. The average molecular weight is 541 g/mol. The molecule has 2 aromatic carbocycles. The fourth-order valence-electron chi connectivity index (χ4n) is 4.13. The molecule has 0 radical (unpaired) electrons. The molecule has 12 heteroatoms. The summed E-state index contributed by atoms with van der Waals surface area (Å²) in [6.45, 7) is 1.22. The molecule has 0 saturated carbocycles. The second kappa shape index (κ2) is 12.0. The molecule has 3 aromatic rings. The van der Waals surface area contributed by atoms with Gasteiger partial charge in [-0.25, -0.2) is 9.59 Å². The minimum absolute atomic E-state index is 0.000950. The number of esters is 2. The van der Waals surface area contributed by atoms with Crippen molar-refractivity contribution in [2.75, 3.05) is 13.7 Å². The van der Waals surface area contributed by atoms with E-state index < -0.39 is 53.3 Å². The zero-order chi connectivity index (χ0) is 28.1. The molecule has 0 N–H and O–H groups in total. The van der Waals surface area contributed by atoms with Crippen LogP contribution >= 0.6 is 0 Å². The SMILES string of the molecule is COC(=O)c1cccc(C(=O)n2c(=O)c(F)cn([C@H]3C[C@H](OCc4ccccc4)[C@@H](COC(C)=O)O3)c2=O)c1. The van der Waals surface area contributed by atoms with Crippen molar-refractivity contribution in [3.05, 3.63) is 104 Å². The second-order valence-electron chi connectivity index (χ2n) is 8.69. The number of nitrogens with zero attached hydrogens (tertiary/aromatic N) is 2. The van der Waals surface area contributed by atoms with Crippen LogP contribution in [0.1, 0.15) is 45.9 Å². The number of carbonyl (C=O) groups excluding carboxylic acids is 3. The number of aromatic nitrogens is 2. The summed E-state index contributed by atoms with van der Waals surface area (Å²) in [5.74, 6) is -3.81. The van der Waals surface area contributed by atoms with Crippen molar-refractivity contribution < 1.29 is 37.7 Å². The van der Waals surface area contributed by atoms with Gasteiger partial charge in [-0.3, -0.25) is 19.0 Å². The molecule has 1 saturated heterocycles. The van der Waals surface area contributed by atoms with Crippen molar-refractivity contribution in [1.29, 1.82) is 0 Å². The summed E-state index contributed by atoms with van der Waals surface area (Å²) < 4.78 is 37.2. The lowest BCUT2D eigenvalue weighted by molar-refractivity contribution is -0.148. The molecule has 0 bridgehead atoms. The highest BCUT2D eigenvalue weighted by Gasteiger charge is 2.39. The van der Waals surface area contributed by atoms with Crippen molar-refractivity contribution in [3.8, 4) is 0 Å². The number of carbonyl (C=O) groups is 3. The van der Waals surface area contributed by atoms with Gasteiger partial charge in [0.05, 0.1) is 31.6 Å². The third-order valence-corrected chi connectivity index (χ3v) is 6.05. The third-order valence-electron chi connectivity index (χ3n) is 6.05. The van der Waals surface area contributed by atoms with E-state index in [9.17, 15) is 28.4 Å². The normalized spacial score (nSPS) is 18.5. The fourth-order valence-corrected chi connectivity index (χ4v) is 4.13. The highest BCUT2D eigenvalue weighted by molar-refractivity contribution is 5.98. The zero-order valence-corrected chi connectivity index (χ0v) is 21.1. The Morgan fingerprint density at radius 3 is 2.46 bits per heavy atom. The van der Waals surface area contributed by atoms with Gasteiger partial charge >= 0.3 is 17.6 Å². The Kier molecular flexibility index (Phi) is 8.47. The van der Waals surface area contributed by atoms with Crippen LogP contribution in [0, 0.1) is 5.82 Å². The summed E-state index contributed by atoms with van der Waals surface area (Å²) >= 11 is 0. The molecular formula is C27H25FN2O9. The Morgan fingerprint density at radius 1 is 1.05 bits per heavy atom. The van der Waals surface area contributed by atoms with Crippen LogP contribution in [0.5, 0.6) is 0 Å². The van der Waals surface area contributed by atoms with Crippen LogP contribution in [-0.2, 0) is 30.3 Å². The Bertz CT molecular complexity index is 1500. The van der Waals surface area contributed by atoms with E-state index in [0.29, 0.717) is 6.20 Å². The summed E-state index contributed by atoms with van der Waals surface area (Å²) in [5, 5.41) is 0. The van der Waals surface area contributed by atoms with Gasteiger partial charge in [0.15, 0.2) is 0 Å². The largest absolute Gasteiger partial charge is 0.465 e. The maximum absolute atomic E-state index is 14.8. The summed E-state index contributed by atoms with van der Waals surface area (Å²) in [5.41, 5.74) is -1.97. The maximum atomic E-state index is 14.8. The molecule has 3 atom stereocenters. The first-order valence-electron chi connectivity index (χ1n) is 11.9. The van der Waals surface area contributed by atoms with Gasteiger partial charge in [0.1, 0.15) is 18.9 Å². The second-order valence-corrected chi connectivity index (χ2v) is 8.69. The third kappa shape index (κ3) is 6.19. The highest BCUT2D eigenvalue weighted by atomic mass is 19.1. The molecule has 1 aliphatic heterocycles. The number of hydrogen-bond donors (Lipinski definition) is 0. The minimum atomic E-state index is -1.46. The van der Waals surface area contributed by atoms with E-state index in [4.69, 9.17) is 14.2 Å². The van der Waals surface area contributed by atoms with E-state index >= 15 is 0 Å². The number of methoxy groups -OCH3 is 1. The van der Waals surface area contributed by atoms with Gasteiger partial charge in [0, 0.05) is 18.9 Å². The molecular weight excluding hydrogens is 515 g/mol. The average Bonchev–Trinajstić information content (AvgIpc) is 3.35. The topological polar surface area (TPSA) is 132 Å². The molecule has 11 nitrogen and oxygen atoms in total.